The van der Waals surface area contributed by atoms with Gasteiger partial charge in [-0.25, -0.2) is 8.42 Å². The standard InChI is InChI=1S/C16H17ClO3S/c1-12(13-7-3-2-4-8-13)21(19,20)11-16(18)14-9-5-6-10-15(14)17/h2-10,12,16,18H,11H2,1H3. The Morgan fingerprint density at radius 3 is 2.24 bits per heavy atom. The summed E-state index contributed by atoms with van der Waals surface area (Å²) < 4.78 is 24.8. The predicted molar refractivity (Wildman–Crippen MR) is 85.1 cm³/mol. The largest absolute Gasteiger partial charge is 0.387 e. The van der Waals surface area contributed by atoms with Gasteiger partial charge in [0, 0.05) is 10.6 Å². The summed E-state index contributed by atoms with van der Waals surface area (Å²) in [6.07, 6.45) is -1.13. The molecule has 0 aliphatic carbocycles. The van der Waals surface area contributed by atoms with Crippen LogP contribution in [-0.4, -0.2) is 19.3 Å². The normalized spacial score (nSPS) is 14.6. The van der Waals surface area contributed by atoms with E-state index >= 15 is 0 Å². The molecule has 1 N–H and O–H groups in total. The van der Waals surface area contributed by atoms with Crippen LogP contribution in [0.1, 0.15) is 29.4 Å². The molecule has 2 unspecified atom stereocenters. The Hall–Kier alpha value is -1.36. The van der Waals surface area contributed by atoms with E-state index in [1.54, 1.807) is 55.5 Å². The first-order valence-corrected chi connectivity index (χ1v) is 8.70. The molecule has 0 fully saturated rings. The number of aliphatic hydroxyl groups is 1. The molecule has 2 rings (SSSR count). The van der Waals surface area contributed by atoms with Crippen LogP contribution in [0.5, 0.6) is 0 Å². The summed E-state index contributed by atoms with van der Waals surface area (Å²) >= 11 is 5.99. The van der Waals surface area contributed by atoms with Crippen LogP contribution in [0.4, 0.5) is 0 Å². The van der Waals surface area contributed by atoms with Crippen molar-refractivity contribution in [3.63, 3.8) is 0 Å². The quantitative estimate of drug-likeness (QED) is 0.915. The van der Waals surface area contributed by atoms with Gasteiger partial charge in [0.25, 0.3) is 0 Å². The topological polar surface area (TPSA) is 54.4 Å². The van der Waals surface area contributed by atoms with Crippen LogP contribution in [-0.2, 0) is 9.84 Å². The smallest absolute Gasteiger partial charge is 0.159 e. The highest BCUT2D eigenvalue weighted by molar-refractivity contribution is 7.91. The lowest BCUT2D eigenvalue weighted by Crippen LogP contribution is -2.19. The molecule has 5 heteroatoms. The Labute approximate surface area is 130 Å². The summed E-state index contributed by atoms with van der Waals surface area (Å²) in [5.74, 6) is -0.354. The first kappa shape index (κ1) is 16.0. The Kier molecular flexibility index (Phi) is 5.04. The van der Waals surface area contributed by atoms with Gasteiger partial charge in [-0.15, -0.1) is 0 Å². The molecular weight excluding hydrogens is 308 g/mol. The van der Waals surface area contributed by atoms with Gasteiger partial charge in [-0.3, -0.25) is 0 Å². The lowest BCUT2D eigenvalue weighted by molar-refractivity contribution is 0.201. The van der Waals surface area contributed by atoms with Crippen LogP contribution in [0.25, 0.3) is 0 Å². The zero-order valence-electron chi connectivity index (χ0n) is 11.6. The number of rotatable bonds is 5. The van der Waals surface area contributed by atoms with Crippen LogP contribution in [0.15, 0.2) is 54.6 Å². The minimum atomic E-state index is -3.49. The van der Waals surface area contributed by atoms with Crippen LogP contribution in [0.3, 0.4) is 0 Å². The minimum Gasteiger partial charge on any atom is -0.387 e. The minimum absolute atomic E-state index is 0.354. The Morgan fingerprint density at radius 1 is 1.05 bits per heavy atom. The van der Waals surface area contributed by atoms with Crippen LogP contribution < -0.4 is 0 Å². The maximum atomic E-state index is 12.4. The van der Waals surface area contributed by atoms with Crippen molar-refractivity contribution in [1.82, 2.24) is 0 Å². The van der Waals surface area contributed by atoms with Gasteiger partial charge < -0.3 is 5.11 Å². The van der Waals surface area contributed by atoms with Gasteiger partial charge in [0.15, 0.2) is 9.84 Å². The van der Waals surface area contributed by atoms with E-state index in [1.807, 2.05) is 6.07 Å². The Morgan fingerprint density at radius 2 is 1.62 bits per heavy atom. The molecule has 0 aliphatic heterocycles. The van der Waals surface area contributed by atoms with Crippen molar-refractivity contribution in [2.45, 2.75) is 18.3 Å². The third kappa shape index (κ3) is 3.84. The van der Waals surface area contributed by atoms with Crippen molar-refractivity contribution in [3.8, 4) is 0 Å². The fraction of sp³-hybridized carbons (Fsp3) is 0.250. The summed E-state index contributed by atoms with van der Waals surface area (Å²) in [6.45, 7) is 1.63. The van der Waals surface area contributed by atoms with E-state index in [-0.39, 0.29) is 5.75 Å². The maximum Gasteiger partial charge on any atom is 0.159 e. The highest BCUT2D eigenvalue weighted by Gasteiger charge is 2.27. The lowest BCUT2D eigenvalue weighted by atomic mass is 10.1. The van der Waals surface area contributed by atoms with Crippen molar-refractivity contribution in [2.24, 2.45) is 0 Å². The van der Waals surface area contributed by atoms with Crippen molar-refractivity contribution in [1.29, 1.82) is 0 Å². The number of benzene rings is 2. The molecule has 0 aromatic heterocycles. The van der Waals surface area contributed by atoms with Crippen LogP contribution in [0, 0.1) is 0 Å². The van der Waals surface area contributed by atoms with Gasteiger partial charge in [-0.05, 0) is 18.6 Å². The molecule has 2 aromatic rings. The zero-order chi connectivity index (χ0) is 15.5. The van der Waals surface area contributed by atoms with E-state index in [4.69, 9.17) is 11.6 Å². The van der Waals surface area contributed by atoms with Gasteiger partial charge in [0.1, 0.15) is 0 Å². The van der Waals surface area contributed by atoms with Gasteiger partial charge >= 0.3 is 0 Å². The molecule has 2 aromatic carbocycles. The number of hydrogen-bond donors (Lipinski definition) is 1. The summed E-state index contributed by atoms with van der Waals surface area (Å²) in [5, 5.41) is 9.87. The number of sulfone groups is 1. The number of hydrogen-bond acceptors (Lipinski definition) is 3. The highest BCUT2D eigenvalue weighted by atomic mass is 35.5. The number of aliphatic hydroxyl groups excluding tert-OH is 1. The van der Waals surface area contributed by atoms with Gasteiger partial charge in [-0.2, -0.15) is 0 Å². The van der Waals surface area contributed by atoms with E-state index in [0.717, 1.165) is 0 Å². The predicted octanol–water partition coefficient (Wildman–Crippen LogP) is 3.55. The SMILES string of the molecule is CC(c1ccccc1)S(=O)(=O)CC(O)c1ccccc1Cl. The molecule has 0 saturated carbocycles. The second-order valence-corrected chi connectivity index (χ2v) is 7.69. The highest BCUT2D eigenvalue weighted by Crippen LogP contribution is 2.28. The third-order valence-corrected chi connectivity index (χ3v) is 5.94. The maximum absolute atomic E-state index is 12.4. The number of halogens is 1. The molecule has 0 saturated heterocycles. The molecule has 3 nitrogen and oxygen atoms in total. The fourth-order valence-electron chi connectivity index (χ4n) is 2.13. The van der Waals surface area contributed by atoms with Crippen LogP contribution in [0.2, 0.25) is 5.02 Å². The van der Waals surface area contributed by atoms with E-state index in [1.165, 1.54) is 0 Å². The van der Waals surface area contributed by atoms with E-state index in [2.05, 4.69) is 0 Å². The molecule has 0 aliphatic rings. The summed E-state index contributed by atoms with van der Waals surface area (Å²) in [6, 6.07) is 15.7. The van der Waals surface area contributed by atoms with Gasteiger partial charge in [-0.1, -0.05) is 60.1 Å². The Bertz CT molecular complexity index is 698. The first-order valence-electron chi connectivity index (χ1n) is 6.61. The molecule has 0 bridgehead atoms. The van der Waals surface area contributed by atoms with Gasteiger partial charge in [0.05, 0.1) is 17.1 Å². The molecule has 0 spiro atoms. The molecule has 0 radical (unpaired) electrons. The van der Waals surface area contributed by atoms with E-state index in [0.29, 0.717) is 16.1 Å². The first-order chi connectivity index (χ1) is 9.92. The van der Waals surface area contributed by atoms with Crippen molar-refractivity contribution >= 4 is 21.4 Å². The zero-order valence-corrected chi connectivity index (χ0v) is 13.2. The second-order valence-electron chi connectivity index (χ2n) is 4.92. The Balaban J connectivity index is 2.20. The molecular formula is C16H17ClO3S. The molecule has 0 heterocycles. The van der Waals surface area contributed by atoms with E-state index in [9.17, 15) is 13.5 Å². The van der Waals surface area contributed by atoms with Gasteiger partial charge in [0.2, 0.25) is 0 Å². The van der Waals surface area contributed by atoms with E-state index < -0.39 is 21.2 Å². The summed E-state index contributed by atoms with van der Waals surface area (Å²) in [5.41, 5.74) is 1.15. The average molecular weight is 325 g/mol. The molecule has 21 heavy (non-hydrogen) atoms. The molecule has 112 valence electrons. The third-order valence-electron chi connectivity index (χ3n) is 3.46. The summed E-state index contributed by atoms with van der Waals surface area (Å²) in [4.78, 5) is 0. The van der Waals surface area contributed by atoms with Crippen molar-refractivity contribution < 1.29 is 13.5 Å². The van der Waals surface area contributed by atoms with Crippen LogP contribution >= 0.6 is 11.6 Å². The fourth-order valence-corrected chi connectivity index (χ4v) is 3.87. The lowest BCUT2D eigenvalue weighted by Gasteiger charge is -2.17. The molecule has 2 atom stereocenters. The molecule has 0 amide bonds. The average Bonchev–Trinajstić information content (AvgIpc) is 2.47. The second kappa shape index (κ2) is 6.60. The summed E-state index contributed by atoms with van der Waals surface area (Å²) in [7, 11) is -3.49. The van der Waals surface area contributed by atoms with Crippen molar-refractivity contribution in [2.75, 3.05) is 5.75 Å². The van der Waals surface area contributed by atoms with Crippen molar-refractivity contribution in [3.05, 3.63) is 70.7 Å². The monoisotopic (exact) mass is 324 g/mol.